The molecule has 6 heteroatoms. The van der Waals surface area contributed by atoms with Crippen molar-refractivity contribution in [1.29, 1.82) is 0 Å². The molecule has 1 spiro atoms. The Balaban J connectivity index is 2.02. The van der Waals surface area contributed by atoms with E-state index in [1.54, 1.807) is 12.1 Å². The molecule has 0 saturated carbocycles. The molecular weight excluding hydrogens is 296 g/mol. The van der Waals surface area contributed by atoms with Gasteiger partial charge in [0.1, 0.15) is 6.10 Å². The van der Waals surface area contributed by atoms with Gasteiger partial charge in [0.25, 0.3) is 0 Å². The quantitative estimate of drug-likeness (QED) is 0.758. The van der Waals surface area contributed by atoms with Gasteiger partial charge >= 0.3 is 0 Å². The maximum atomic E-state index is 10.5. The third-order valence-electron chi connectivity index (χ3n) is 4.18. The average molecular weight is 315 g/mol. The van der Waals surface area contributed by atoms with Crippen LogP contribution in [-0.2, 0) is 21.7 Å². The van der Waals surface area contributed by atoms with Crippen molar-refractivity contribution in [2.45, 2.75) is 43.4 Å². The standard InChI is InChI=1S/C15H19ClO5/c16-10-1-2-12-9(7-10)4-6-20-15(12)14(19)13(18)8-11(21-15)3-5-17/h1-2,7,11,13-14,17-19H,3-6,8H2/t11-,13+,14-,15+/m1/s1. The summed E-state index contributed by atoms with van der Waals surface area (Å²) in [5.74, 6) is -1.38. The van der Waals surface area contributed by atoms with Gasteiger partial charge in [-0.2, -0.15) is 0 Å². The largest absolute Gasteiger partial charge is 0.396 e. The number of fused-ring (bicyclic) bond motifs is 2. The van der Waals surface area contributed by atoms with Crippen molar-refractivity contribution in [1.82, 2.24) is 0 Å². The molecule has 1 fully saturated rings. The minimum absolute atomic E-state index is 0.0446. The second kappa shape index (κ2) is 5.83. The van der Waals surface area contributed by atoms with E-state index in [1.165, 1.54) is 0 Å². The zero-order valence-corrected chi connectivity index (χ0v) is 12.3. The minimum atomic E-state index is -1.38. The van der Waals surface area contributed by atoms with Crippen LogP contribution in [0.2, 0.25) is 5.02 Å². The highest BCUT2D eigenvalue weighted by Crippen LogP contribution is 2.44. The number of aliphatic hydroxyl groups is 3. The van der Waals surface area contributed by atoms with E-state index in [-0.39, 0.29) is 19.1 Å². The van der Waals surface area contributed by atoms with E-state index in [2.05, 4.69) is 0 Å². The fraction of sp³-hybridized carbons (Fsp3) is 0.600. The summed E-state index contributed by atoms with van der Waals surface area (Å²) in [6.07, 6.45) is -1.16. The van der Waals surface area contributed by atoms with Gasteiger partial charge in [0.05, 0.1) is 18.8 Å². The van der Waals surface area contributed by atoms with Gasteiger partial charge in [0, 0.05) is 23.6 Å². The summed E-state index contributed by atoms with van der Waals surface area (Å²) >= 11 is 6.02. The fourth-order valence-electron chi connectivity index (χ4n) is 3.18. The topological polar surface area (TPSA) is 79.2 Å². The Kier molecular flexibility index (Phi) is 4.23. The van der Waals surface area contributed by atoms with Gasteiger partial charge in [0.15, 0.2) is 0 Å². The predicted molar refractivity (Wildman–Crippen MR) is 76.0 cm³/mol. The lowest BCUT2D eigenvalue weighted by Crippen LogP contribution is -2.59. The van der Waals surface area contributed by atoms with Crippen LogP contribution in [0.5, 0.6) is 0 Å². The molecule has 1 saturated heterocycles. The van der Waals surface area contributed by atoms with E-state index in [0.717, 1.165) is 5.56 Å². The highest BCUT2D eigenvalue weighted by Gasteiger charge is 2.53. The lowest BCUT2D eigenvalue weighted by atomic mass is 9.84. The highest BCUT2D eigenvalue weighted by atomic mass is 35.5. The summed E-state index contributed by atoms with van der Waals surface area (Å²) in [4.78, 5) is 0. The number of rotatable bonds is 2. The summed E-state index contributed by atoms with van der Waals surface area (Å²) < 4.78 is 11.7. The minimum Gasteiger partial charge on any atom is -0.396 e. The summed E-state index contributed by atoms with van der Waals surface area (Å²) in [5, 5.41) is 30.3. The number of halogens is 1. The maximum Gasteiger partial charge on any atom is 0.225 e. The van der Waals surface area contributed by atoms with Crippen LogP contribution in [0.25, 0.3) is 0 Å². The van der Waals surface area contributed by atoms with E-state index >= 15 is 0 Å². The van der Waals surface area contributed by atoms with Crippen molar-refractivity contribution in [2.75, 3.05) is 13.2 Å². The van der Waals surface area contributed by atoms with Crippen LogP contribution < -0.4 is 0 Å². The van der Waals surface area contributed by atoms with Gasteiger partial charge in [-0.05, 0) is 30.5 Å². The van der Waals surface area contributed by atoms with E-state index in [4.69, 9.17) is 26.2 Å². The summed E-state index contributed by atoms with van der Waals surface area (Å²) in [5.41, 5.74) is 1.65. The van der Waals surface area contributed by atoms with Crippen molar-refractivity contribution in [3.05, 3.63) is 34.3 Å². The first-order valence-electron chi connectivity index (χ1n) is 7.14. The normalized spacial score (nSPS) is 35.7. The Hall–Kier alpha value is -0.690. The molecule has 0 amide bonds. The zero-order chi connectivity index (χ0) is 15.0. The zero-order valence-electron chi connectivity index (χ0n) is 11.5. The van der Waals surface area contributed by atoms with E-state index in [9.17, 15) is 10.2 Å². The van der Waals surface area contributed by atoms with Crippen molar-refractivity contribution in [3.63, 3.8) is 0 Å². The molecule has 3 rings (SSSR count). The van der Waals surface area contributed by atoms with Crippen molar-refractivity contribution >= 4 is 11.6 Å². The third kappa shape index (κ3) is 2.59. The molecule has 0 aromatic heterocycles. The molecule has 2 aliphatic rings. The SMILES string of the molecule is OCC[C@@H]1C[C@H](O)[C@@H](O)[C@@]2(OCCc3cc(Cl)ccc32)O1. The molecule has 3 N–H and O–H groups in total. The van der Waals surface area contributed by atoms with Crippen LogP contribution in [0.1, 0.15) is 24.0 Å². The molecule has 0 radical (unpaired) electrons. The molecule has 5 nitrogen and oxygen atoms in total. The van der Waals surface area contributed by atoms with Gasteiger partial charge in [-0.15, -0.1) is 0 Å². The van der Waals surface area contributed by atoms with E-state index in [0.29, 0.717) is 30.0 Å². The van der Waals surface area contributed by atoms with E-state index < -0.39 is 18.0 Å². The van der Waals surface area contributed by atoms with E-state index in [1.807, 2.05) is 6.07 Å². The molecule has 0 aliphatic carbocycles. The van der Waals surface area contributed by atoms with Gasteiger partial charge in [-0.1, -0.05) is 17.7 Å². The summed E-state index contributed by atoms with van der Waals surface area (Å²) in [7, 11) is 0. The van der Waals surface area contributed by atoms with Crippen LogP contribution in [-0.4, -0.2) is 46.8 Å². The monoisotopic (exact) mass is 314 g/mol. The second-order valence-corrected chi connectivity index (χ2v) is 6.00. The first kappa shape index (κ1) is 15.2. The second-order valence-electron chi connectivity index (χ2n) is 5.57. The van der Waals surface area contributed by atoms with Crippen LogP contribution in [0, 0.1) is 0 Å². The molecule has 0 unspecified atom stereocenters. The van der Waals surface area contributed by atoms with Crippen LogP contribution in [0.15, 0.2) is 18.2 Å². The molecule has 2 heterocycles. The van der Waals surface area contributed by atoms with Crippen molar-refractivity contribution in [3.8, 4) is 0 Å². The van der Waals surface area contributed by atoms with Crippen molar-refractivity contribution in [2.24, 2.45) is 0 Å². The molecule has 1 aromatic rings. The van der Waals surface area contributed by atoms with Gasteiger partial charge in [-0.25, -0.2) is 0 Å². The molecule has 2 aliphatic heterocycles. The Labute approximate surface area is 128 Å². The molecular formula is C15H19ClO5. The lowest BCUT2D eigenvalue weighted by Gasteiger charge is -2.48. The Morgan fingerprint density at radius 3 is 2.90 bits per heavy atom. The highest BCUT2D eigenvalue weighted by molar-refractivity contribution is 6.30. The molecule has 21 heavy (non-hydrogen) atoms. The number of aliphatic hydroxyl groups excluding tert-OH is 3. The third-order valence-corrected chi connectivity index (χ3v) is 4.42. The molecule has 1 aromatic carbocycles. The van der Waals surface area contributed by atoms with Crippen molar-refractivity contribution < 1.29 is 24.8 Å². The number of ether oxygens (including phenoxy) is 2. The molecule has 116 valence electrons. The molecule has 4 atom stereocenters. The molecule has 0 bridgehead atoms. The average Bonchev–Trinajstić information content (AvgIpc) is 2.45. The number of benzene rings is 1. The first-order valence-corrected chi connectivity index (χ1v) is 7.52. The predicted octanol–water partition coefficient (Wildman–Crippen LogP) is 0.959. The van der Waals surface area contributed by atoms with Gasteiger partial charge in [0.2, 0.25) is 5.79 Å². The van der Waals surface area contributed by atoms with Gasteiger partial charge < -0.3 is 24.8 Å². The Bertz CT molecular complexity index is 523. The van der Waals surface area contributed by atoms with Crippen LogP contribution in [0.4, 0.5) is 0 Å². The first-order chi connectivity index (χ1) is 10.1. The van der Waals surface area contributed by atoms with Crippen LogP contribution >= 0.6 is 11.6 Å². The smallest absolute Gasteiger partial charge is 0.225 e. The number of hydrogen-bond donors (Lipinski definition) is 3. The Morgan fingerprint density at radius 2 is 2.14 bits per heavy atom. The Morgan fingerprint density at radius 1 is 1.33 bits per heavy atom. The lowest BCUT2D eigenvalue weighted by molar-refractivity contribution is -0.355. The van der Waals surface area contributed by atoms with Crippen LogP contribution in [0.3, 0.4) is 0 Å². The van der Waals surface area contributed by atoms with Gasteiger partial charge in [-0.3, -0.25) is 0 Å². The fourth-order valence-corrected chi connectivity index (χ4v) is 3.37. The summed E-state index contributed by atoms with van der Waals surface area (Å²) in [6.45, 7) is 0.333. The number of hydrogen-bond acceptors (Lipinski definition) is 5. The maximum absolute atomic E-state index is 10.5. The summed E-state index contributed by atoms with van der Waals surface area (Å²) in [6, 6.07) is 5.32.